The van der Waals surface area contributed by atoms with Gasteiger partial charge in [-0.15, -0.1) is 0 Å². The van der Waals surface area contributed by atoms with E-state index in [9.17, 15) is 24.8 Å². The van der Waals surface area contributed by atoms with Gasteiger partial charge in [0.15, 0.2) is 11.5 Å². The Hall–Kier alpha value is -3.40. The van der Waals surface area contributed by atoms with Crippen LogP contribution in [0.5, 0.6) is 11.5 Å². The number of ether oxygens (including phenoxy) is 2. The predicted molar refractivity (Wildman–Crippen MR) is 95.2 cm³/mol. The van der Waals surface area contributed by atoms with Crippen molar-refractivity contribution in [2.24, 2.45) is 0 Å². The molecule has 1 unspecified atom stereocenters. The molecule has 2 rings (SSSR count). The van der Waals surface area contributed by atoms with Crippen molar-refractivity contribution in [2.75, 3.05) is 20.8 Å². The topological polar surface area (TPSA) is 133 Å². The summed E-state index contributed by atoms with van der Waals surface area (Å²) >= 11 is 0. The molecule has 1 amide bonds. The normalized spacial score (nSPS) is 11.5. The first-order chi connectivity index (χ1) is 12.9. The molecule has 1 aromatic carbocycles. The van der Waals surface area contributed by atoms with Gasteiger partial charge in [-0.05, 0) is 6.07 Å². The van der Waals surface area contributed by atoms with Crippen molar-refractivity contribution in [1.29, 1.82) is 0 Å². The lowest BCUT2D eigenvalue weighted by Gasteiger charge is -2.14. The van der Waals surface area contributed by atoms with Crippen LogP contribution in [0.2, 0.25) is 0 Å². The van der Waals surface area contributed by atoms with Crippen LogP contribution in [-0.2, 0) is 6.54 Å². The first-order valence-electron chi connectivity index (χ1n) is 7.89. The summed E-state index contributed by atoms with van der Waals surface area (Å²) in [5.74, 6) is -0.490. The molecule has 1 aromatic heterocycles. The highest BCUT2D eigenvalue weighted by Crippen LogP contribution is 2.34. The number of nitro benzene ring substituents is 1. The molecule has 0 aliphatic rings. The van der Waals surface area contributed by atoms with Gasteiger partial charge in [-0.25, -0.2) is 0 Å². The highest BCUT2D eigenvalue weighted by atomic mass is 16.6. The quantitative estimate of drug-likeness (QED) is 0.507. The number of nitro groups is 1. The summed E-state index contributed by atoms with van der Waals surface area (Å²) < 4.78 is 11.4. The first-order valence-corrected chi connectivity index (χ1v) is 7.89. The number of amides is 1. The molecule has 0 bridgehead atoms. The van der Waals surface area contributed by atoms with E-state index >= 15 is 0 Å². The lowest BCUT2D eigenvalue weighted by Crippen LogP contribution is -2.36. The molecule has 2 aromatic rings. The van der Waals surface area contributed by atoms with E-state index in [1.165, 1.54) is 37.1 Å². The Bertz CT molecular complexity index is 894. The van der Waals surface area contributed by atoms with Gasteiger partial charge in [0, 0.05) is 24.9 Å². The lowest BCUT2D eigenvalue weighted by atomic mass is 10.1. The SMILES string of the molecule is COc1cc(C(=O)NCC(O)Cn2ccccc2=O)c([N+](=O)[O-])cc1OC. The van der Waals surface area contributed by atoms with Crippen molar-refractivity contribution >= 4 is 11.6 Å². The number of carbonyl (C=O) groups excluding carboxylic acids is 1. The molecule has 0 aliphatic carbocycles. The van der Waals surface area contributed by atoms with Crippen LogP contribution < -0.4 is 20.3 Å². The highest BCUT2D eigenvalue weighted by molar-refractivity contribution is 5.99. The molecule has 0 radical (unpaired) electrons. The van der Waals surface area contributed by atoms with E-state index in [0.29, 0.717) is 0 Å². The minimum atomic E-state index is -1.06. The number of nitrogens with zero attached hydrogens (tertiary/aromatic N) is 2. The minimum absolute atomic E-state index is 0.0337. The third-order valence-electron chi connectivity index (χ3n) is 3.75. The zero-order valence-corrected chi connectivity index (χ0v) is 14.7. The van der Waals surface area contributed by atoms with Crippen molar-refractivity contribution in [3.05, 3.63) is 62.6 Å². The van der Waals surface area contributed by atoms with Crippen LogP contribution >= 0.6 is 0 Å². The maximum absolute atomic E-state index is 12.4. The Morgan fingerprint density at radius 3 is 2.56 bits per heavy atom. The fourth-order valence-electron chi connectivity index (χ4n) is 2.41. The van der Waals surface area contributed by atoms with Gasteiger partial charge < -0.3 is 24.5 Å². The Kier molecular flexibility index (Phi) is 6.50. The lowest BCUT2D eigenvalue weighted by molar-refractivity contribution is -0.385. The third kappa shape index (κ3) is 4.82. The zero-order valence-electron chi connectivity index (χ0n) is 14.7. The summed E-state index contributed by atoms with van der Waals surface area (Å²) in [5.41, 5.74) is -0.987. The molecular formula is C17H19N3O7. The molecule has 1 atom stereocenters. The summed E-state index contributed by atoms with van der Waals surface area (Å²) in [7, 11) is 2.66. The minimum Gasteiger partial charge on any atom is -0.493 e. The largest absolute Gasteiger partial charge is 0.493 e. The average molecular weight is 377 g/mol. The Labute approximate surface area is 154 Å². The van der Waals surface area contributed by atoms with Crippen molar-refractivity contribution in [2.45, 2.75) is 12.6 Å². The van der Waals surface area contributed by atoms with Gasteiger partial charge in [0.1, 0.15) is 5.56 Å². The Balaban J connectivity index is 2.14. The Morgan fingerprint density at radius 1 is 1.30 bits per heavy atom. The van der Waals surface area contributed by atoms with Crippen molar-refractivity contribution in [3.8, 4) is 11.5 Å². The molecule has 0 saturated carbocycles. The molecule has 10 nitrogen and oxygen atoms in total. The summed E-state index contributed by atoms with van der Waals surface area (Å²) in [5, 5.41) is 23.7. The summed E-state index contributed by atoms with van der Waals surface area (Å²) in [6.45, 7) is -0.236. The van der Waals surface area contributed by atoms with Gasteiger partial charge in [-0.1, -0.05) is 6.07 Å². The van der Waals surface area contributed by atoms with E-state index in [2.05, 4.69) is 5.32 Å². The van der Waals surface area contributed by atoms with Crippen LogP contribution in [0.1, 0.15) is 10.4 Å². The van der Waals surface area contributed by atoms with Gasteiger partial charge in [-0.2, -0.15) is 0 Å². The van der Waals surface area contributed by atoms with E-state index < -0.39 is 22.6 Å². The molecule has 0 fully saturated rings. The average Bonchev–Trinajstić information content (AvgIpc) is 2.66. The third-order valence-corrected chi connectivity index (χ3v) is 3.75. The number of hydrogen-bond acceptors (Lipinski definition) is 7. The van der Waals surface area contributed by atoms with E-state index in [4.69, 9.17) is 9.47 Å². The van der Waals surface area contributed by atoms with Crippen molar-refractivity contribution in [3.63, 3.8) is 0 Å². The number of methoxy groups -OCH3 is 2. The number of rotatable bonds is 8. The zero-order chi connectivity index (χ0) is 20.0. The summed E-state index contributed by atoms with van der Waals surface area (Å²) in [4.78, 5) is 34.5. The monoisotopic (exact) mass is 377 g/mol. The second-order valence-electron chi connectivity index (χ2n) is 5.54. The smallest absolute Gasteiger partial charge is 0.286 e. The molecule has 2 N–H and O–H groups in total. The second-order valence-corrected chi connectivity index (χ2v) is 5.54. The van der Waals surface area contributed by atoms with Gasteiger partial charge in [0.25, 0.3) is 17.2 Å². The maximum atomic E-state index is 12.4. The molecule has 0 saturated heterocycles. The van der Waals surface area contributed by atoms with Crippen LogP contribution in [0.3, 0.4) is 0 Å². The number of aliphatic hydroxyl groups excluding tert-OH is 1. The van der Waals surface area contributed by atoms with Crippen molar-refractivity contribution in [1.82, 2.24) is 9.88 Å². The predicted octanol–water partition coefficient (Wildman–Crippen LogP) is 0.565. The van der Waals surface area contributed by atoms with Gasteiger partial charge in [0.2, 0.25) is 0 Å². The van der Waals surface area contributed by atoms with E-state index in [-0.39, 0.29) is 35.7 Å². The highest BCUT2D eigenvalue weighted by Gasteiger charge is 2.24. The van der Waals surface area contributed by atoms with E-state index in [1.54, 1.807) is 12.1 Å². The summed E-state index contributed by atoms with van der Waals surface area (Å²) in [6.07, 6.45) is 0.445. The molecule has 144 valence electrons. The molecule has 27 heavy (non-hydrogen) atoms. The fourth-order valence-corrected chi connectivity index (χ4v) is 2.41. The number of aliphatic hydroxyl groups is 1. The van der Waals surface area contributed by atoms with Crippen LogP contribution in [-0.4, -0.2) is 47.4 Å². The van der Waals surface area contributed by atoms with E-state index in [1.807, 2.05) is 0 Å². The fraction of sp³-hybridized carbons (Fsp3) is 0.294. The molecule has 0 spiro atoms. The first kappa shape index (κ1) is 19.9. The molecule has 0 aliphatic heterocycles. The van der Waals surface area contributed by atoms with Crippen LogP contribution in [0.4, 0.5) is 5.69 Å². The van der Waals surface area contributed by atoms with E-state index in [0.717, 1.165) is 6.07 Å². The molecular weight excluding hydrogens is 358 g/mol. The standard InChI is InChI=1S/C17H19N3O7/c1-26-14-7-12(13(20(24)25)8-15(14)27-2)17(23)18-9-11(21)10-19-6-4-3-5-16(19)22/h3-8,11,21H,9-10H2,1-2H3,(H,18,23). The number of hydrogen-bond donors (Lipinski definition) is 2. The van der Waals surface area contributed by atoms with Crippen molar-refractivity contribution < 1.29 is 24.3 Å². The summed E-state index contributed by atoms with van der Waals surface area (Å²) in [6, 6.07) is 6.84. The number of aromatic nitrogens is 1. The number of benzene rings is 1. The Morgan fingerprint density at radius 2 is 1.96 bits per heavy atom. The van der Waals surface area contributed by atoms with Crippen LogP contribution in [0.15, 0.2) is 41.3 Å². The van der Waals surface area contributed by atoms with Crippen LogP contribution in [0.25, 0.3) is 0 Å². The molecule has 10 heteroatoms. The maximum Gasteiger partial charge on any atom is 0.286 e. The van der Waals surface area contributed by atoms with Gasteiger partial charge in [0.05, 0.1) is 37.9 Å². The number of carbonyl (C=O) groups is 1. The number of pyridine rings is 1. The molecule has 1 heterocycles. The van der Waals surface area contributed by atoms with Crippen LogP contribution in [0, 0.1) is 10.1 Å². The van der Waals surface area contributed by atoms with Gasteiger partial charge >= 0.3 is 0 Å². The second kappa shape index (κ2) is 8.81. The van der Waals surface area contributed by atoms with Gasteiger partial charge in [-0.3, -0.25) is 19.7 Å². The number of nitrogens with one attached hydrogen (secondary N) is 1.